The zero-order valence-electron chi connectivity index (χ0n) is 10.9. The molecule has 4 nitrogen and oxygen atoms in total. The monoisotopic (exact) mass is 305 g/mol. The van der Waals surface area contributed by atoms with E-state index in [0.717, 1.165) is 0 Å². The van der Waals surface area contributed by atoms with Gasteiger partial charge in [0.2, 0.25) is 0 Å². The van der Waals surface area contributed by atoms with E-state index >= 15 is 0 Å². The summed E-state index contributed by atoms with van der Waals surface area (Å²) >= 11 is 4.10. The number of thiol groups is 1. The zero-order valence-corrected chi connectivity index (χ0v) is 11.8. The van der Waals surface area contributed by atoms with E-state index in [4.69, 9.17) is 9.47 Å². The Bertz CT molecular complexity index is 705. The largest absolute Gasteiger partial charge is 0.486 e. The van der Waals surface area contributed by atoms with Crippen LogP contribution in [0.15, 0.2) is 41.3 Å². The molecule has 2 aromatic rings. The van der Waals surface area contributed by atoms with Crippen LogP contribution in [0, 0.1) is 5.82 Å². The molecule has 0 radical (unpaired) electrons. The van der Waals surface area contributed by atoms with Crippen molar-refractivity contribution in [2.45, 2.75) is 4.90 Å². The van der Waals surface area contributed by atoms with Crippen LogP contribution in [0.1, 0.15) is 10.4 Å². The van der Waals surface area contributed by atoms with E-state index < -0.39 is 11.7 Å². The Kier molecular flexibility index (Phi) is 3.70. The van der Waals surface area contributed by atoms with Gasteiger partial charge in [-0.25, -0.2) is 4.39 Å². The lowest BCUT2D eigenvalue weighted by Crippen LogP contribution is -2.17. The molecule has 1 heterocycles. The minimum atomic E-state index is -0.595. The van der Waals surface area contributed by atoms with Crippen LogP contribution in [-0.4, -0.2) is 19.1 Å². The molecule has 0 aliphatic carbocycles. The van der Waals surface area contributed by atoms with Gasteiger partial charge in [-0.3, -0.25) is 4.79 Å². The molecular formula is C15H12FNO3S. The predicted octanol–water partition coefficient (Wildman–Crippen LogP) is 3.14. The van der Waals surface area contributed by atoms with E-state index in [1.165, 1.54) is 18.2 Å². The number of benzene rings is 2. The first-order valence-corrected chi connectivity index (χ1v) is 6.78. The molecule has 3 rings (SSSR count). The van der Waals surface area contributed by atoms with Crippen LogP contribution in [0.3, 0.4) is 0 Å². The van der Waals surface area contributed by atoms with Crippen molar-refractivity contribution in [2.24, 2.45) is 0 Å². The SMILES string of the molecule is O=C(Nc1ccc2c(c1)OCCO2)c1cc(S)ccc1F. The normalized spacial score (nSPS) is 12.9. The Morgan fingerprint density at radius 2 is 1.86 bits per heavy atom. The molecule has 0 spiro atoms. The first-order valence-electron chi connectivity index (χ1n) is 6.33. The van der Waals surface area contributed by atoms with E-state index in [9.17, 15) is 9.18 Å². The summed E-state index contributed by atoms with van der Waals surface area (Å²) < 4.78 is 24.5. The van der Waals surface area contributed by atoms with E-state index in [0.29, 0.717) is 35.3 Å². The summed E-state index contributed by atoms with van der Waals surface area (Å²) in [6.07, 6.45) is 0. The van der Waals surface area contributed by atoms with E-state index in [1.54, 1.807) is 18.2 Å². The van der Waals surface area contributed by atoms with Crippen LogP contribution in [0.5, 0.6) is 11.5 Å². The molecule has 108 valence electrons. The molecular weight excluding hydrogens is 293 g/mol. The second kappa shape index (κ2) is 5.65. The van der Waals surface area contributed by atoms with Gasteiger partial charge in [0, 0.05) is 16.6 Å². The van der Waals surface area contributed by atoms with Crippen LogP contribution >= 0.6 is 12.6 Å². The zero-order chi connectivity index (χ0) is 14.8. The summed E-state index contributed by atoms with van der Waals surface area (Å²) in [4.78, 5) is 12.6. The van der Waals surface area contributed by atoms with E-state index in [2.05, 4.69) is 17.9 Å². The average molecular weight is 305 g/mol. The Balaban J connectivity index is 1.83. The van der Waals surface area contributed by atoms with Crippen LogP contribution in [-0.2, 0) is 0 Å². The fraction of sp³-hybridized carbons (Fsp3) is 0.133. The van der Waals surface area contributed by atoms with Crippen molar-refractivity contribution >= 4 is 24.2 Å². The summed E-state index contributed by atoms with van der Waals surface area (Å²) in [6, 6.07) is 9.10. The average Bonchev–Trinajstić information content (AvgIpc) is 2.49. The number of fused-ring (bicyclic) bond motifs is 1. The maximum Gasteiger partial charge on any atom is 0.258 e. The first kappa shape index (κ1) is 13.8. The molecule has 21 heavy (non-hydrogen) atoms. The third-order valence-corrected chi connectivity index (χ3v) is 3.27. The van der Waals surface area contributed by atoms with Gasteiger partial charge in [-0.05, 0) is 30.3 Å². The van der Waals surface area contributed by atoms with Gasteiger partial charge in [0.05, 0.1) is 5.56 Å². The number of hydrogen-bond acceptors (Lipinski definition) is 4. The van der Waals surface area contributed by atoms with Gasteiger partial charge < -0.3 is 14.8 Å². The lowest BCUT2D eigenvalue weighted by molar-refractivity contribution is 0.102. The Morgan fingerprint density at radius 3 is 2.67 bits per heavy atom. The third kappa shape index (κ3) is 2.95. The predicted molar refractivity (Wildman–Crippen MR) is 79.0 cm³/mol. The summed E-state index contributed by atoms with van der Waals surface area (Å²) in [7, 11) is 0. The summed E-state index contributed by atoms with van der Waals surface area (Å²) in [5.41, 5.74) is 0.450. The van der Waals surface area contributed by atoms with Gasteiger partial charge in [-0.1, -0.05) is 0 Å². The highest BCUT2D eigenvalue weighted by Crippen LogP contribution is 2.32. The molecule has 0 aromatic heterocycles. The minimum absolute atomic E-state index is 0.0580. The lowest BCUT2D eigenvalue weighted by Gasteiger charge is -2.19. The van der Waals surface area contributed by atoms with Crippen molar-refractivity contribution in [2.75, 3.05) is 18.5 Å². The summed E-state index contributed by atoms with van der Waals surface area (Å²) in [6.45, 7) is 0.958. The standard InChI is InChI=1S/C15H12FNO3S/c16-12-3-2-10(21)8-11(12)15(18)17-9-1-4-13-14(7-9)20-6-5-19-13/h1-4,7-8,21H,5-6H2,(H,17,18). The molecule has 1 amide bonds. The van der Waals surface area contributed by atoms with Crippen molar-refractivity contribution in [1.82, 2.24) is 0 Å². The summed E-state index contributed by atoms with van der Waals surface area (Å²) in [5.74, 6) is 0.0492. The maximum absolute atomic E-state index is 13.7. The number of halogens is 1. The van der Waals surface area contributed by atoms with Gasteiger partial charge in [-0.15, -0.1) is 12.6 Å². The highest BCUT2D eigenvalue weighted by Gasteiger charge is 2.15. The molecule has 0 saturated carbocycles. The van der Waals surface area contributed by atoms with Gasteiger partial charge >= 0.3 is 0 Å². The minimum Gasteiger partial charge on any atom is -0.486 e. The van der Waals surface area contributed by atoms with Gasteiger partial charge in [0.1, 0.15) is 19.0 Å². The molecule has 0 bridgehead atoms. The number of carbonyl (C=O) groups is 1. The Hall–Kier alpha value is -2.21. The number of nitrogens with one attached hydrogen (secondary N) is 1. The number of hydrogen-bond donors (Lipinski definition) is 2. The van der Waals surface area contributed by atoms with Gasteiger partial charge in [0.15, 0.2) is 11.5 Å². The van der Waals surface area contributed by atoms with E-state index in [1.807, 2.05) is 0 Å². The smallest absolute Gasteiger partial charge is 0.258 e. The van der Waals surface area contributed by atoms with Crippen molar-refractivity contribution in [3.63, 3.8) is 0 Å². The quantitative estimate of drug-likeness (QED) is 0.838. The van der Waals surface area contributed by atoms with Crippen LogP contribution in [0.4, 0.5) is 10.1 Å². The molecule has 2 aromatic carbocycles. The number of amides is 1. The Morgan fingerprint density at radius 1 is 1.10 bits per heavy atom. The van der Waals surface area contributed by atoms with Crippen LogP contribution < -0.4 is 14.8 Å². The molecule has 0 fully saturated rings. The van der Waals surface area contributed by atoms with Crippen LogP contribution in [0.2, 0.25) is 0 Å². The van der Waals surface area contributed by atoms with Crippen molar-refractivity contribution in [1.29, 1.82) is 0 Å². The third-order valence-electron chi connectivity index (χ3n) is 2.99. The number of rotatable bonds is 2. The molecule has 6 heteroatoms. The number of carbonyl (C=O) groups excluding carboxylic acids is 1. The molecule has 0 unspecified atom stereocenters. The number of anilines is 1. The fourth-order valence-corrected chi connectivity index (χ4v) is 2.21. The molecule has 1 aliphatic heterocycles. The van der Waals surface area contributed by atoms with E-state index in [-0.39, 0.29) is 5.56 Å². The number of ether oxygens (including phenoxy) is 2. The van der Waals surface area contributed by atoms with Crippen LogP contribution in [0.25, 0.3) is 0 Å². The second-order valence-electron chi connectivity index (χ2n) is 4.48. The fourth-order valence-electron chi connectivity index (χ4n) is 2.01. The molecule has 1 aliphatic rings. The lowest BCUT2D eigenvalue weighted by atomic mass is 10.2. The molecule has 0 atom stereocenters. The van der Waals surface area contributed by atoms with Crippen molar-refractivity contribution in [3.05, 3.63) is 47.8 Å². The van der Waals surface area contributed by atoms with Crippen molar-refractivity contribution in [3.8, 4) is 11.5 Å². The highest BCUT2D eigenvalue weighted by molar-refractivity contribution is 7.80. The summed E-state index contributed by atoms with van der Waals surface area (Å²) in [5, 5.41) is 2.63. The Labute approximate surface area is 126 Å². The molecule has 0 saturated heterocycles. The molecule has 1 N–H and O–H groups in total. The topological polar surface area (TPSA) is 47.6 Å². The van der Waals surface area contributed by atoms with Crippen molar-refractivity contribution < 1.29 is 18.7 Å². The second-order valence-corrected chi connectivity index (χ2v) is 4.99. The van der Waals surface area contributed by atoms with Gasteiger partial charge in [-0.2, -0.15) is 0 Å². The maximum atomic E-state index is 13.7. The first-order chi connectivity index (χ1) is 10.1. The highest BCUT2D eigenvalue weighted by atomic mass is 32.1. The van der Waals surface area contributed by atoms with Gasteiger partial charge in [0.25, 0.3) is 5.91 Å².